The number of ether oxygens (including phenoxy) is 1. The van der Waals surface area contributed by atoms with Crippen molar-refractivity contribution in [1.29, 1.82) is 0 Å². The average Bonchev–Trinajstić information content (AvgIpc) is 3.22. The fourth-order valence-corrected chi connectivity index (χ4v) is 2.27. The van der Waals surface area contributed by atoms with Crippen LogP contribution in [0.4, 0.5) is 11.5 Å². The molecule has 0 radical (unpaired) electrons. The van der Waals surface area contributed by atoms with E-state index in [1.54, 1.807) is 13.2 Å². The summed E-state index contributed by atoms with van der Waals surface area (Å²) in [4.78, 5) is 8.81. The molecule has 1 fully saturated rings. The van der Waals surface area contributed by atoms with Crippen molar-refractivity contribution < 1.29 is 4.74 Å². The van der Waals surface area contributed by atoms with Crippen LogP contribution in [0.5, 0.6) is 5.75 Å². The van der Waals surface area contributed by atoms with Gasteiger partial charge in [0.25, 0.3) is 0 Å². The number of nitrogens with one attached hydrogen (secondary N) is 1. The second-order valence-electron chi connectivity index (χ2n) is 5.04. The van der Waals surface area contributed by atoms with E-state index in [-0.39, 0.29) is 0 Å². The van der Waals surface area contributed by atoms with Gasteiger partial charge in [0.15, 0.2) is 0 Å². The Morgan fingerprint density at radius 2 is 2.05 bits per heavy atom. The Balaban J connectivity index is 1.92. The molecule has 1 aromatic heterocycles. The largest absolute Gasteiger partial charge is 0.495 e. The SMILES string of the molecule is COc1ccc(C)cc1Nc1cc(Cl)nc(C2CC2)n1. The number of anilines is 2. The van der Waals surface area contributed by atoms with E-state index in [4.69, 9.17) is 16.3 Å². The van der Waals surface area contributed by atoms with Crippen molar-refractivity contribution in [1.82, 2.24) is 9.97 Å². The minimum atomic E-state index is 0.466. The Kier molecular flexibility index (Phi) is 3.49. The molecule has 0 saturated heterocycles. The molecule has 20 heavy (non-hydrogen) atoms. The standard InChI is InChI=1S/C15H16ClN3O/c1-9-3-6-12(20-2)11(7-9)17-14-8-13(16)18-15(19-14)10-4-5-10/h3,6-8,10H,4-5H2,1-2H3,(H,17,18,19). The number of nitrogens with zero attached hydrogens (tertiary/aromatic N) is 2. The molecular weight excluding hydrogens is 274 g/mol. The molecule has 0 amide bonds. The Bertz CT molecular complexity index is 641. The zero-order valence-electron chi connectivity index (χ0n) is 11.5. The van der Waals surface area contributed by atoms with Crippen molar-refractivity contribution in [3.63, 3.8) is 0 Å². The molecule has 0 aliphatic heterocycles. The molecule has 1 aromatic carbocycles. The zero-order valence-corrected chi connectivity index (χ0v) is 12.2. The highest BCUT2D eigenvalue weighted by molar-refractivity contribution is 6.29. The van der Waals surface area contributed by atoms with Gasteiger partial charge in [0.2, 0.25) is 0 Å². The van der Waals surface area contributed by atoms with E-state index in [0.717, 1.165) is 35.7 Å². The summed E-state index contributed by atoms with van der Waals surface area (Å²) in [6.07, 6.45) is 2.29. The second-order valence-corrected chi connectivity index (χ2v) is 5.42. The van der Waals surface area contributed by atoms with E-state index in [2.05, 4.69) is 15.3 Å². The van der Waals surface area contributed by atoms with Gasteiger partial charge < -0.3 is 10.1 Å². The van der Waals surface area contributed by atoms with Crippen LogP contribution in [-0.4, -0.2) is 17.1 Å². The lowest BCUT2D eigenvalue weighted by atomic mass is 10.2. The number of benzene rings is 1. The summed E-state index contributed by atoms with van der Waals surface area (Å²) in [5, 5.41) is 3.74. The first kappa shape index (κ1) is 13.2. The topological polar surface area (TPSA) is 47.0 Å². The highest BCUT2D eigenvalue weighted by Crippen LogP contribution is 2.39. The van der Waals surface area contributed by atoms with Crippen molar-refractivity contribution in [2.45, 2.75) is 25.7 Å². The second kappa shape index (κ2) is 5.29. The van der Waals surface area contributed by atoms with Crippen LogP contribution in [0.15, 0.2) is 24.3 Å². The quantitative estimate of drug-likeness (QED) is 0.862. The number of hydrogen-bond acceptors (Lipinski definition) is 4. The summed E-state index contributed by atoms with van der Waals surface area (Å²) in [6.45, 7) is 2.03. The third-order valence-corrected chi connectivity index (χ3v) is 3.47. The summed E-state index contributed by atoms with van der Waals surface area (Å²) >= 11 is 6.07. The molecule has 4 nitrogen and oxygen atoms in total. The van der Waals surface area contributed by atoms with E-state index < -0.39 is 0 Å². The number of rotatable bonds is 4. The molecule has 1 heterocycles. The molecule has 3 rings (SSSR count). The van der Waals surface area contributed by atoms with Crippen LogP contribution in [0.3, 0.4) is 0 Å². The third-order valence-electron chi connectivity index (χ3n) is 3.27. The number of halogens is 1. The molecule has 0 atom stereocenters. The third kappa shape index (κ3) is 2.85. The van der Waals surface area contributed by atoms with Crippen LogP contribution >= 0.6 is 11.6 Å². The molecule has 5 heteroatoms. The van der Waals surface area contributed by atoms with Crippen molar-refractivity contribution in [2.75, 3.05) is 12.4 Å². The molecule has 104 valence electrons. The number of aromatic nitrogens is 2. The summed E-state index contributed by atoms with van der Waals surface area (Å²) in [5.74, 6) is 2.77. The fraction of sp³-hybridized carbons (Fsp3) is 0.333. The first-order valence-electron chi connectivity index (χ1n) is 6.62. The zero-order chi connectivity index (χ0) is 14.1. The summed E-state index contributed by atoms with van der Waals surface area (Å²) < 4.78 is 5.35. The minimum Gasteiger partial charge on any atom is -0.495 e. The van der Waals surface area contributed by atoms with E-state index in [1.165, 1.54) is 0 Å². The van der Waals surface area contributed by atoms with Crippen molar-refractivity contribution in [2.24, 2.45) is 0 Å². The maximum Gasteiger partial charge on any atom is 0.142 e. The fourth-order valence-electron chi connectivity index (χ4n) is 2.08. The normalized spacial score (nSPS) is 14.2. The average molecular weight is 290 g/mol. The highest BCUT2D eigenvalue weighted by atomic mass is 35.5. The molecule has 0 spiro atoms. The van der Waals surface area contributed by atoms with Gasteiger partial charge in [0.1, 0.15) is 22.5 Å². The monoisotopic (exact) mass is 289 g/mol. The first-order valence-corrected chi connectivity index (χ1v) is 6.99. The van der Waals surface area contributed by atoms with Gasteiger partial charge in [-0.3, -0.25) is 0 Å². The summed E-state index contributed by atoms with van der Waals surface area (Å²) in [7, 11) is 1.65. The predicted octanol–water partition coefficient (Wildman–Crippen LogP) is 4.07. The van der Waals surface area contributed by atoms with Crippen LogP contribution in [-0.2, 0) is 0 Å². The van der Waals surface area contributed by atoms with Crippen LogP contribution < -0.4 is 10.1 Å². The van der Waals surface area contributed by atoms with Gasteiger partial charge >= 0.3 is 0 Å². The molecule has 1 N–H and O–H groups in total. The lowest BCUT2D eigenvalue weighted by Crippen LogP contribution is -2.01. The van der Waals surface area contributed by atoms with Crippen LogP contribution in [0, 0.1) is 6.92 Å². The maximum absolute atomic E-state index is 6.07. The molecule has 0 unspecified atom stereocenters. The van der Waals surface area contributed by atoms with Gasteiger partial charge in [-0.2, -0.15) is 0 Å². The first-order chi connectivity index (χ1) is 9.65. The van der Waals surface area contributed by atoms with Gasteiger partial charge in [0, 0.05) is 12.0 Å². The van der Waals surface area contributed by atoms with Gasteiger partial charge in [-0.05, 0) is 37.5 Å². The van der Waals surface area contributed by atoms with E-state index in [0.29, 0.717) is 16.9 Å². The molecular formula is C15H16ClN3O. The Morgan fingerprint density at radius 3 is 2.75 bits per heavy atom. The van der Waals surface area contributed by atoms with Crippen molar-refractivity contribution >= 4 is 23.1 Å². The lowest BCUT2D eigenvalue weighted by molar-refractivity contribution is 0.416. The van der Waals surface area contributed by atoms with Crippen LogP contribution in [0.25, 0.3) is 0 Å². The molecule has 2 aromatic rings. The van der Waals surface area contributed by atoms with Gasteiger partial charge in [-0.1, -0.05) is 17.7 Å². The minimum absolute atomic E-state index is 0.466. The Labute approximate surface area is 123 Å². The number of hydrogen-bond donors (Lipinski definition) is 1. The van der Waals surface area contributed by atoms with Crippen LogP contribution in [0.1, 0.15) is 30.1 Å². The van der Waals surface area contributed by atoms with Crippen molar-refractivity contribution in [3.8, 4) is 5.75 Å². The summed E-state index contributed by atoms with van der Waals surface area (Å²) in [6, 6.07) is 7.69. The molecule has 1 aliphatic rings. The molecule has 0 bridgehead atoms. The van der Waals surface area contributed by atoms with Gasteiger partial charge in [-0.25, -0.2) is 9.97 Å². The Hall–Kier alpha value is -1.81. The summed E-state index contributed by atoms with van der Waals surface area (Å²) in [5.41, 5.74) is 2.03. The van der Waals surface area contributed by atoms with Crippen LogP contribution in [0.2, 0.25) is 5.15 Å². The highest BCUT2D eigenvalue weighted by Gasteiger charge is 2.27. The van der Waals surface area contributed by atoms with Crippen molar-refractivity contribution in [3.05, 3.63) is 40.8 Å². The molecule has 1 aliphatic carbocycles. The maximum atomic E-state index is 6.07. The van der Waals surface area contributed by atoms with Gasteiger partial charge in [0.05, 0.1) is 12.8 Å². The molecule has 1 saturated carbocycles. The van der Waals surface area contributed by atoms with Gasteiger partial charge in [-0.15, -0.1) is 0 Å². The number of methoxy groups -OCH3 is 1. The smallest absolute Gasteiger partial charge is 0.142 e. The Morgan fingerprint density at radius 1 is 1.25 bits per heavy atom. The number of aryl methyl sites for hydroxylation is 1. The van der Waals surface area contributed by atoms with E-state index >= 15 is 0 Å². The van der Waals surface area contributed by atoms with E-state index in [1.807, 2.05) is 25.1 Å². The predicted molar refractivity (Wildman–Crippen MR) is 80.0 cm³/mol. The van der Waals surface area contributed by atoms with E-state index in [9.17, 15) is 0 Å². The lowest BCUT2D eigenvalue weighted by Gasteiger charge is -2.12.